The molecule has 1 aliphatic carbocycles. The number of amides is 1. The van der Waals surface area contributed by atoms with Gasteiger partial charge in [-0.25, -0.2) is 22.0 Å². The second-order valence-electron chi connectivity index (χ2n) is 5.63. The number of hydrogen-bond donors (Lipinski definition) is 1. The Kier molecular flexibility index (Phi) is 4.28. The molecule has 0 radical (unpaired) electrons. The summed E-state index contributed by atoms with van der Waals surface area (Å²) in [6.07, 6.45) is 0.915. The molecule has 2 aromatic carbocycles. The van der Waals surface area contributed by atoms with Gasteiger partial charge in [-0.1, -0.05) is 24.3 Å². The molecule has 130 valence electrons. The highest BCUT2D eigenvalue weighted by molar-refractivity contribution is 5.96. The number of benzene rings is 2. The molecule has 1 saturated carbocycles. The molecule has 0 aromatic heterocycles. The SMILES string of the molecule is O=Cc1ccccc1[C@H]1C[C@H]1C(=O)Nc1c(F)c(F)c(F)c(F)c1F. The van der Waals surface area contributed by atoms with Gasteiger partial charge in [-0.3, -0.25) is 9.59 Å². The van der Waals surface area contributed by atoms with E-state index in [0.29, 0.717) is 23.8 Å². The van der Waals surface area contributed by atoms with E-state index in [1.807, 2.05) is 0 Å². The molecule has 1 amide bonds. The van der Waals surface area contributed by atoms with Crippen molar-refractivity contribution in [3.8, 4) is 0 Å². The van der Waals surface area contributed by atoms with Crippen LogP contribution in [0.4, 0.5) is 27.6 Å². The van der Waals surface area contributed by atoms with E-state index >= 15 is 0 Å². The van der Waals surface area contributed by atoms with Crippen LogP contribution < -0.4 is 5.32 Å². The number of hydrogen-bond acceptors (Lipinski definition) is 2. The van der Waals surface area contributed by atoms with Crippen LogP contribution in [0, 0.1) is 35.0 Å². The second-order valence-corrected chi connectivity index (χ2v) is 5.63. The molecule has 25 heavy (non-hydrogen) atoms. The summed E-state index contributed by atoms with van der Waals surface area (Å²) in [5, 5.41) is 1.76. The zero-order valence-corrected chi connectivity index (χ0v) is 12.5. The summed E-state index contributed by atoms with van der Waals surface area (Å²) in [4.78, 5) is 23.1. The number of nitrogens with one attached hydrogen (secondary N) is 1. The maximum atomic E-state index is 13.6. The maximum Gasteiger partial charge on any atom is 0.228 e. The topological polar surface area (TPSA) is 46.2 Å². The summed E-state index contributed by atoms with van der Waals surface area (Å²) in [5.74, 6) is -12.7. The van der Waals surface area contributed by atoms with Gasteiger partial charge in [0.2, 0.25) is 11.7 Å². The Hall–Kier alpha value is -2.77. The minimum Gasteiger partial charge on any atom is -0.321 e. The predicted molar refractivity (Wildman–Crippen MR) is 77.5 cm³/mol. The largest absolute Gasteiger partial charge is 0.321 e. The van der Waals surface area contributed by atoms with Gasteiger partial charge in [0.15, 0.2) is 23.3 Å². The lowest BCUT2D eigenvalue weighted by Crippen LogP contribution is -2.19. The molecule has 3 rings (SSSR count). The number of aldehydes is 1. The number of rotatable bonds is 4. The standard InChI is InChI=1S/C17H10F5NO2/c18-11-12(19)14(21)16(15(22)13(11)20)23-17(25)10-5-9(10)8-4-2-1-3-7(8)6-24/h1-4,6,9-10H,5H2,(H,23,25)/t9-,10-/m1/s1. The van der Waals surface area contributed by atoms with Crippen LogP contribution in [0.5, 0.6) is 0 Å². The molecule has 0 unspecified atom stereocenters. The molecule has 0 bridgehead atoms. The van der Waals surface area contributed by atoms with Crippen LogP contribution in [0.15, 0.2) is 24.3 Å². The van der Waals surface area contributed by atoms with Gasteiger partial charge in [-0.05, 0) is 17.9 Å². The molecule has 2 aromatic rings. The molecular weight excluding hydrogens is 345 g/mol. The van der Waals surface area contributed by atoms with Gasteiger partial charge >= 0.3 is 0 Å². The highest BCUT2D eigenvalue weighted by Crippen LogP contribution is 2.49. The van der Waals surface area contributed by atoms with Gasteiger partial charge in [0.25, 0.3) is 0 Å². The van der Waals surface area contributed by atoms with E-state index in [0.717, 1.165) is 0 Å². The van der Waals surface area contributed by atoms with E-state index < -0.39 is 46.6 Å². The highest BCUT2D eigenvalue weighted by Gasteiger charge is 2.45. The van der Waals surface area contributed by atoms with Crippen molar-refractivity contribution in [3.63, 3.8) is 0 Å². The fourth-order valence-electron chi connectivity index (χ4n) is 2.71. The fraction of sp³-hybridized carbons (Fsp3) is 0.176. The molecule has 0 spiro atoms. The van der Waals surface area contributed by atoms with Crippen molar-refractivity contribution in [2.24, 2.45) is 5.92 Å². The lowest BCUT2D eigenvalue weighted by molar-refractivity contribution is -0.117. The molecule has 0 saturated heterocycles. The molecule has 1 fully saturated rings. The minimum atomic E-state index is -2.29. The summed E-state index contributed by atoms with van der Waals surface area (Å²) < 4.78 is 66.5. The molecule has 1 aliphatic rings. The van der Waals surface area contributed by atoms with Crippen molar-refractivity contribution in [1.82, 2.24) is 0 Å². The van der Waals surface area contributed by atoms with Crippen molar-refractivity contribution < 1.29 is 31.5 Å². The van der Waals surface area contributed by atoms with Crippen molar-refractivity contribution in [2.75, 3.05) is 5.32 Å². The molecule has 0 heterocycles. The van der Waals surface area contributed by atoms with Crippen LogP contribution >= 0.6 is 0 Å². The minimum absolute atomic E-state index is 0.298. The molecule has 0 aliphatic heterocycles. The summed E-state index contributed by atoms with van der Waals surface area (Å²) in [6, 6.07) is 6.50. The Balaban J connectivity index is 1.83. The lowest BCUT2D eigenvalue weighted by atomic mass is 10.0. The monoisotopic (exact) mass is 355 g/mol. The fourth-order valence-corrected chi connectivity index (χ4v) is 2.71. The molecular formula is C17H10F5NO2. The average Bonchev–Trinajstić information content (AvgIpc) is 3.42. The van der Waals surface area contributed by atoms with Crippen LogP contribution in [0.2, 0.25) is 0 Å². The molecule has 3 nitrogen and oxygen atoms in total. The van der Waals surface area contributed by atoms with Gasteiger partial charge in [0.1, 0.15) is 12.0 Å². The first-order valence-corrected chi connectivity index (χ1v) is 7.23. The Labute approximate surface area is 138 Å². The first kappa shape index (κ1) is 17.1. The van der Waals surface area contributed by atoms with Crippen LogP contribution in [0.25, 0.3) is 0 Å². The number of halogens is 5. The lowest BCUT2D eigenvalue weighted by Gasteiger charge is -2.10. The summed E-state index contributed by atoms with van der Waals surface area (Å²) in [5.41, 5.74) is -0.412. The van der Waals surface area contributed by atoms with E-state index in [4.69, 9.17) is 0 Å². The van der Waals surface area contributed by atoms with Crippen molar-refractivity contribution >= 4 is 17.9 Å². The Bertz CT molecular complexity index is 855. The van der Waals surface area contributed by atoms with Crippen LogP contribution in [-0.4, -0.2) is 12.2 Å². The Morgan fingerprint density at radius 1 is 0.960 bits per heavy atom. The maximum absolute atomic E-state index is 13.6. The van der Waals surface area contributed by atoms with Crippen LogP contribution in [0.1, 0.15) is 28.3 Å². The predicted octanol–water partition coefficient (Wildman–Crippen LogP) is 3.94. The highest BCUT2D eigenvalue weighted by atomic mass is 19.2. The first-order valence-electron chi connectivity index (χ1n) is 7.23. The van der Waals surface area contributed by atoms with E-state index in [1.54, 1.807) is 29.6 Å². The first-order chi connectivity index (χ1) is 11.9. The summed E-state index contributed by atoms with van der Waals surface area (Å²) >= 11 is 0. The Morgan fingerprint density at radius 3 is 2.12 bits per heavy atom. The van der Waals surface area contributed by atoms with Gasteiger partial charge in [-0.15, -0.1) is 0 Å². The molecule has 8 heteroatoms. The quantitative estimate of drug-likeness (QED) is 0.391. The van der Waals surface area contributed by atoms with Crippen molar-refractivity contribution in [2.45, 2.75) is 12.3 Å². The molecule has 1 N–H and O–H groups in total. The Morgan fingerprint density at radius 2 is 1.52 bits per heavy atom. The van der Waals surface area contributed by atoms with E-state index in [-0.39, 0.29) is 5.92 Å². The third-order valence-electron chi connectivity index (χ3n) is 4.11. The number of carbonyl (C=O) groups is 2. The van der Waals surface area contributed by atoms with Crippen molar-refractivity contribution in [1.29, 1.82) is 0 Å². The van der Waals surface area contributed by atoms with E-state index in [1.165, 1.54) is 0 Å². The van der Waals surface area contributed by atoms with Gasteiger partial charge < -0.3 is 5.32 Å². The van der Waals surface area contributed by atoms with Crippen LogP contribution in [-0.2, 0) is 4.79 Å². The number of anilines is 1. The van der Waals surface area contributed by atoms with Gasteiger partial charge in [0, 0.05) is 11.5 Å². The van der Waals surface area contributed by atoms with Gasteiger partial charge in [0.05, 0.1) is 0 Å². The van der Waals surface area contributed by atoms with Gasteiger partial charge in [-0.2, -0.15) is 0 Å². The number of carbonyl (C=O) groups excluding carboxylic acids is 2. The summed E-state index contributed by atoms with van der Waals surface area (Å²) in [6.45, 7) is 0. The second kappa shape index (κ2) is 6.27. The zero-order chi connectivity index (χ0) is 18.3. The summed E-state index contributed by atoms with van der Waals surface area (Å²) in [7, 11) is 0. The third-order valence-corrected chi connectivity index (χ3v) is 4.11. The zero-order valence-electron chi connectivity index (χ0n) is 12.5. The molecule has 2 atom stereocenters. The normalized spacial score (nSPS) is 18.8. The van der Waals surface area contributed by atoms with Crippen LogP contribution in [0.3, 0.4) is 0 Å². The van der Waals surface area contributed by atoms with E-state index in [9.17, 15) is 31.5 Å². The smallest absolute Gasteiger partial charge is 0.228 e. The van der Waals surface area contributed by atoms with E-state index in [2.05, 4.69) is 0 Å². The van der Waals surface area contributed by atoms with Crippen molar-refractivity contribution in [3.05, 3.63) is 64.5 Å². The third kappa shape index (κ3) is 2.88. The average molecular weight is 355 g/mol.